The van der Waals surface area contributed by atoms with Crippen LogP contribution >= 0.6 is 0 Å². The van der Waals surface area contributed by atoms with Crippen molar-refractivity contribution >= 4 is 57.2 Å². The lowest BCUT2D eigenvalue weighted by molar-refractivity contribution is 0.640. The monoisotopic (exact) mass is 926 g/mol. The first-order valence-corrected chi connectivity index (χ1v) is 25.5. The molecule has 2 nitrogen and oxygen atoms in total. The minimum Gasteiger partial charge on any atom is -0.311 e. The van der Waals surface area contributed by atoms with Crippen molar-refractivity contribution in [1.29, 1.82) is 0 Å². The molecule has 0 aliphatic carbocycles. The number of benzene rings is 10. The minimum absolute atomic E-state index is 0.0683. The molecule has 0 atom stereocenters. The molecule has 0 spiro atoms. The SMILES string of the molecule is CC(C)(c1ccccc1)c1ccc(N2c3ccc(-c4ccccc4)cc3B3c4cc(-c5ccccc5)ccc4N(c4ccc(C(C)(C)c5ccccc5)cc4)c4cc(C(C)(C)c5ccccc5)cc2c43)cc1. The maximum atomic E-state index is 2.57. The van der Waals surface area contributed by atoms with Gasteiger partial charge in [-0.15, -0.1) is 0 Å². The summed E-state index contributed by atoms with van der Waals surface area (Å²) in [7, 11) is 0. The lowest BCUT2D eigenvalue weighted by Gasteiger charge is -2.45. The predicted octanol–water partition coefficient (Wildman–Crippen LogP) is 16.1. The van der Waals surface area contributed by atoms with E-state index < -0.39 is 0 Å². The Hall–Kier alpha value is -8.14. The zero-order valence-corrected chi connectivity index (χ0v) is 42.1. The van der Waals surface area contributed by atoms with Gasteiger partial charge in [0.1, 0.15) is 0 Å². The Bertz CT molecular complexity index is 3360. The highest BCUT2D eigenvalue weighted by Gasteiger charge is 2.45. The van der Waals surface area contributed by atoms with Crippen molar-refractivity contribution in [2.75, 3.05) is 9.80 Å². The molecule has 2 aliphatic heterocycles. The van der Waals surface area contributed by atoms with E-state index in [9.17, 15) is 0 Å². The number of fused-ring (bicyclic) bond motifs is 4. The molecule has 10 aromatic carbocycles. The van der Waals surface area contributed by atoms with Crippen molar-refractivity contribution in [2.45, 2.75) is 57.8 Å². The maximum absolute atomic E-state index is 2.57. The van der Waals surface area contributed by atoms with Crippen molar-refractivity contribution < 1.29 is 0 Å². The second kappa shape index (κ2) is 17.6. The summed E-state index contributed by atoms with van der Waals surface area (Å²) in [4.78, 5) is 5.14. The first kappa shape index (κ1) is 45.0. The summed E-state index contributed by atoms with van der Waals surface area (Å²) in [6.07, 6.45) is 0. The average Bonchev–Trinajstić information content (AvgIpc) is 3.44. The standard InChI is InChI=1S/C69H59BN2/c1-67(2,52-26-16-9-17-27-52)55-34-38-58(39-35-55)71-62-42-32-50(48-22-12-7-13-23-48)44-60(62)70-61-45-51(49-24-14-8-15-25-49)33-43-63(61)72(59-40-36-56(37-41-59)68(3,4)53-28-18-10-19-29-53)65-47-57(46-64(71)66(65)70)69(5,6)54-30-20-11-21-31-54/h7-47H,1-6H3. The summed E-state index contributed by atoms with van der Waals surface area (Å²) in [5, 5.41) is 0. The summed E-state index contributed by atoms with van der Waals surface area (Å²) in [6, 6.07) is 92.8. The van der Waals surface area contributed by atoms with Crippen LogP contribution < -0.4 is 26.2 Å². The fraction of sp³-hybridized carbons (Fsp3) is 0.130. The van der Waals surface area contributed by atoms with Crippen LogP contribution in [0, 0.1) is 0 Å². The fourth-order valence-electron chi connectivity index (χ4n) is 11.7. The van der Waals surface area contributed by atoms with E-state index in [1.165, 1.54) is 94.8 Å². The molecule has 3 heteroatoms. The van der Waals surface area contributed by atoms with Gasteiger partial charge in [0.2, 0.25) is 0 Å². The van der Waals surface area contributed by atoms with Crippen molar-refractivity contribution in [3.8, 4) is 22.3 Å². The molecule has 0 aromatic heterocycles. The van der Waals surface area contributed by atoms with E-state index in [-0.39, 0.29) is 23.0 Å². The fourth-order valence-corrected chi connectivity index (χ4v) is 11.7. The second-order valence-corrected chi connectivity index (χ2v) is 21.4. The Labute approximate surface area is 427 Å². The molecule has 348 valence electrons. The molecule has 0 fully saturated rings. The Balaban J connectivity index is 1.14. The van der Waals surface area contributed by atoms with Gasteiger partial charge in [0.05, 0.1) is 0 Å². The lowest BCUT2D eigenvalue weighted by Crippen LogP contribution is -2.61. The van der Waals surface area contributed by atoms with Crippen molar-refractivity contribution in [3.05, 3.63) is 282 Å². The topological polar surface area (TPSA) is 6.48 Å². The van der Waals surface area contributed by atoms with Gasteiger partial charge < -0.3 is 9.80 Å². The van der Waals surface area contributed by atoms with Gasteiger partial charge in [0.25, 0.3) is 6.71 Å². The van der Waals surface area contributed by atoms with Crippen LogP contribution in [0.3, 0.4) is 0 Å². The van der Waals surface area contributed by atoms with Gasteiger partial charge >= 0.3 is 0 Å². The zero-order valence-electron chi connectivity index (χ0n) is 42.1. The van der Waals surface area contributed by atoms with E-state index in [0.717, 1.165) is 11.4 Å². The number of hydrogen-bond donors (Lipinski definition) is 0. The summed E-state index contributed by atoms with van der Waals surface area (Å²) in [6.45, 7) is 14.0. The summed E-state index contributed by atoms with van der Waals surface area (Å²) >= 11 is 0. The van der Waals surface area contributed by atoms with Crippen LogP contribution in [0.5, 0.6) is 0 Å². The molecular weight excluding hydrogens is 868 g/mol. The van der Waals surface area contributed by atoms with Crippen LogP contribution in [0.15, 0.2) is 249 Å². The molecule has 12 rings (SSSR count). The molecule has 2 aliphatic rings. The normalized spacial score (nSPS) is 13.1. The summed E-state index contributed by atoms with van der Waals surface area (Å²) in [5.74, 6) is 0. The molecule has 0 unspecified atom stereocenters. The van der Waals surface area contributed by atoms with E-state index in [2.05, 4.69) is 300 Å². The predicted molar refractivity (Wildman–Crippen MR) is 307 cm³/mol. The van der Waals surface area contributed by atoms with Crippen LogP contribution in [0.25, 0.3) is 22.3 Å². The quantitative estimate of drug-likeness (QED) is 0.126. The third kappa shape index (κ3) is 7.58. The van der Waals surface area contributed by atoms with Crippen LogP contribution in [0.2, 0.25) is 0 Å². The van der Waals surface area contributed by atoms with Crippen molar-refractivity contribution in [2.24, 2.45) is 0 Å². The van der Waals surface area contributed by atoms with Gasteiger partial charge in [-0.05, 0) is 121 Å². The Morgan fingerprint density at radius 2 is 0.569 bits per heavy atom. The first-order valence-electron chi connectivity index (χ1n) is 25.5. The van der Waals surface area contributed by atoms with Crippen LogP contribution in [-0.4, -0.2) is 6.71 Å². The molecule has 0 saturated carbocycles. The van der Waals surface area contributed by atoms with Crippen LogP contribution in [0.4, 0.5) is 34.1 Å². The van der Waals surface area contributed by atoms with Crippen molar-refractivity contribution in [1.82, 2.24) is 0 Å². The maximum Gasteiger partial charge on any atom is 0.252 e. The molecule has 2 heterocycles. The third-order valence-corrected chi connectivity index (χ3v) is 16.2. The van der Waals surface area contributed by atoms with E-state index in [0.29, 0.717) is 0 Å². The van der Waals surface area contributed by atoms with Gasteiger partial charge in [-0.3, -0.25) is 0 Å². The first-order chi connectivity index (χ1) is 35.0. The minimum atomic E-state index is -0.332. The van der Waals surface area contributed by atoms with E-state index >= 15 is 0 Å². The van der Waals surface area contributed by atoms with Crippen molar-refractivity contribution in [3.63, 3.8) is 0 Å². The highest BCUT2D eigenvalue weighted by Crippen LogP contribution is 2.48. The number of anilines is 6. The molecule has 0 amide bonds. The smallest absolute Gasteiger partial charge is 0.252 e. The molecule has 10 aromatic rings. The molecule has 0 saturated heterocycles. The highest BCUT2D eigenvalue weighted by molar-refractivity contribution is 7.00. The average molecular weight is 927 g/mol. The third-order valence-electron chi connectivity index (χ3n) is 16.2. The molecule has 0 N–H and O–H groups in total. The number of nitrogens with zero attached hydrogens (tertiary/aromatic N) is 2. The van der Waals surface area contributed by atoms with Gasteiger partial charge in [-0.2, -0.15) is 0 Å². The Morgan fingerprint density at radius 1 is 0.264 bits per heavy atom. The lowest BCUT2D eigenvalue weighted by atomic mass is 9.33. The second-order valence-electron chi connectivity index (χ2n) is 21.4. The van der Waals surface area contributed by atoms with Gasteiger partial charge in [-0.25, -0.2) is 0 Å². The Kier molecular flexibility index (Phi) is 11.0. The number of rotatable bonds is 10. The van der Waals surface area contributed by atoms with Gasteiger partial charge in [-0.1, -0.05) is 242 Å². The van der Waals surface area contributed by atoms with Crippen LogP contribution in [0.1, 0.15) is 74.9 Å². The van der Waals surface area contributed by atoms with E-state index in [4.69, 9.17) is 0 Å². The molecule has 0 radical (unpaired) electrons. The number of hydrogen-bond acceptors (Lipinski definition) is 2. The highest BCUT2D eigenvalue weighted by atomic mass is 15.2. The zero-order chi connectivity index (χ0) is 49.2. The van der Waals surface area contributed by atoms with Gasteiger partial charge in [0, 0.05) is 50.4 Å². The summed E-state index contributed by atoms with van der Waals surface area (Å²) < 4.78 is 0. The van der Waals surface area contributed by atoms with Gasteiger partial charge in [0.15, 0.2) is 0 Å². The Morgan fingerprint density at radius 3 is 0.917 bits per heavy atom. The molecule has 0 bridgehead atoms. The van der Waals surface area contributed by atoms with E-state index in [1.807, 2.05) is 0 Å². The van der Waals surface area contributed by atoms with E-state index in [1.54, 1.807) is 0 Å². The molecular formula is C69H59BN2. The van der Waals surface area contributed by atoms with Crippen LogP contribution in [-0.2, 0) is 16.2 Å². The molecule has 72 heavy (non-hydrogen) atoms. The summed E-state index contributed by atoms with van der Waals surface area (Å²) in [5.41, 5.74) is 22.8. The largest absolute Gasteiger partial charge is 0.311 e.